The number of carbonyl (C=O) groups excluding carboxylic acids is 1. The predicted molar refractivity (Wildman–Crippen MR) is 103 cm³/mol. The van der Waals surface area contributed by atoms with Gasteiger partial charge in [-0.05, 0) is 61.2 Å². The van der Waals surface area contributed by atoms with Crippen LogP contribution in [0, 0.1) is 13.8 Å². The first-order valence-corrected chi connectivity index (χ1v) is 10.3. The summed E-state index contributed by atoms with van der Waals surface area (Å²) in [7, 11) is -3.41. The average Bonchev–Trinajstić information content (AvgIpc) is 2.55. The van der Waals surface area contributed by atoms with Gasteiger partial charge >= 0.3 is 0 Å². The van der Waals surface area contributed by atoms with E-state index in [2.05, 4.69) is 10.3 Å². The molecule has 0 aliphatic heterocycles. The van der Waals surface area contributed by atoms with E-state index < -0.39 is 10.0 Å². The fourth-order valence-electron chi connectivity index (χ4n) is 2.75. The van der Waals surface area contributed by atoms with Gasteiger partial charge in [-0.25, -0.2) is 8.42 Å². The average molecular weight is 375 g/mol. The van der Waals surface area contributed by atoms with Gasteiger partial charge in [-0.3, -0.25) is 14.1 Å². The van der Waals surface area contributed by atoms with Gasteiger partial charge in [-0.15, -0.1) is 0 Å². The lowest BCUT2D eigenvalue weighted by Crippen LogP contribution is -2.32. The van der Waals surface area contributed by atoms with Gasteiger partial charge < -0.3 is 5.32 Å². The summed E-state index contributed by atoms with van der Waals surface area (Å²) in [5.74, 6) is -0.101. The van der Waals surface area contributed by atoms with Crippen molar-refractivity contribution in [2.45, 2.75) is 33.2 Å². The Bertz CT molecular complexity index is 831. The Morgan fingerprint density at radius 2 is 1.73 bits per heavy atom. The van der Waals surface area contributed by atoms with Crippen LogP contribution in [0.15, 0.2) is 42.7 Å². The van der Waals surface area contributed by atoms with E-state index >= 15 is 0 Å². The van der Waals surface area contributed by atoms with Crippen LogP contribution in [0.25, 0.3) is 0 Å². The van der Waals surface area contributed by atoms with Gasteiger partial charge in [0.25, 0.3) is 0 Å². The molecule has 0 saturated carbocycles. The number of hydrogen-bond donors (Lipinski definition) is 1. The highest BCUT2D eigenvalue weighted by molar-refractivity contribution is 7.92. The minimum atomic E-state index is -3.41. The molecular weight excluding hydrogens is 350 g/mol. The maximum atomic E-state index is 12.2. The number of nitrogens with zero attached hydrogens (tertiary/aromatic N) is 2. The number of carbonyl (C=O) groups is 1. The molecule has 0 saturated heterocycles. The lowest BCUT2D eigenvalue weighted by molar-refractivity contribution is -0.121. The van der Waals surface area contributed by atoms with Gasteiger partial charge in [0, 0.05) is 31.9 Å². The SMILES string of the molecule is Cc1cc(C)cc(N(CCCC(=O)NCc2ccncc2)S(C)(=O)=O)c1. The number of anilines is 1. The van der Waals surface area contributed by atoms with Crippen molar-refractivity contribution in [1.29, 1.82) is 0 Å². The minimum absolute atomic E-state index is 0.101. The molecular formula is C19H25N3O3S. The molecule has 1 aromatic heterocycles. The van der Waals surface area contributed by atoms with Crippen molar-refractivity contribution in [3.63, 3.8) is 0 Å². The van der Waals surface area contributed by atoms with Gasteiger partial charge in [0.05, 0.1) is 11.9 Å². The first-order chi connectivity index (χ1) is 12.3. The normalized spacial score (nSPS) is 11.2. The van der Waals surface area contributed by atoms with E-state index in [1.165, 1.54) is 10.6 Å². The number of nitrogens with one attached hydrogen (secondary N) is 1. The highest BCUT2D eigenvalue weighted by atomic mass is 32.2. The van der Waals surface area contributed by atoms with Crippen molar-refractivity contribution in [3.8, 4) is 0 Å². The molecule has 0 atom stereocenters. The standard InChI is InChI=1S/C19H25N3O3S/c1-15-11-16(2)13-18(12-15)22(26(3,24)25)10-4-5-19(23)21-14-17-6-8-20-9-7-17/h6-9,11-13H,4-5,10,14H2,1-3H3,(H,21,23). The molecule has 140 valence electrons. The summed E-state index contributed by atoms with van der Waals surface area (Å²) in [6.07, 6.45) is 5.25. The fourth-order valence-corrected chi connectivity index (χ4v) is 3.70. The Morgan fingerprint density at radius 3 is 2.31 bits per heavy atom. The number of aromatic nitrogens is 1. The molecule has 0 aliphatic rings. The molecule has 2 aromatic rings. The summed E-state index contributed by atoms with van der Waals surface area (Å²) in [6, 6.07) is 9.36. The largest absolute Gasteiger partial charge is 0.352 e. The maximum Gasteiger partial charge on any atom is 0.232 e. The topological polar surface area (TPSA) is 79.4 Å². The van der Waals surface area contributed by atoms with Crippen LogP contribution in [-0.4, -0.2) is 32.1 Å². The zero-order chi connectivity index (χ0) is 19.2. The second-order valence-corrected chi connectivity index (χ2v) is 8.32. The van der Waals surface area contributed by atoms with Crippen molar-refractivity contribution >= 4 is 21.6 Å². The number of hydrogen-bond acceptors (Lipinski definition) is 4. The van der Waals surface area contributed by atoms with Gasteiger partial charge in [0.2, 0.25) is 15.9 Å². The third kappa shape index (κ3) is 6.15. The van der Waals surface area contributed by atoms with E-state index in [1.54, 1.807) is 12.4 Å². The number of amides is 1. The molecule has 0 unspecified atom stereocenters. The molecule has 26 heavy (non-hydrogen) atoms. The van der Waals surface area contributed by atoms with E-state index in [1.807, 2.05) is 44.2 Å². The van der Waals surface area contributed by atoms with E-state index in [-0.39, 0.29) is 18.9 Å². The third-order valence-corrected chi connectivity index (χ3v) is 5.09. The van der Waals surface area contributed by atoms with Crippen molar-refractivity contribution in [1.82, 2.24) is 10.3 Å². The van der Waals surface area contributed by atoms with Crippen molar-refractivity contribution in [2.24, 2.45) is 0 Å². The molecule has 0 aliphatic carbocycles. The lowest BCUT2D eigenvalue weighted by Gasteiger charge is -2.23. The van der Waals surface area contributed by atoms with Crippen molar-refractivity contribution in [2.75, 3.05) is 17.1 Å². The monoisotopic (exact) mass is 375 g/mol. The number of sulfonamides is 1. The predicted octanol–water partition coefficient (Wildman–Crippen LogP) is 2.56. The molecule has 0 spiro atoms. The second-order valence-electron chi connectivity index (χ2n) is 6.42. The molecule has 0 bridgehead atoms. The minimum Gasteiger partial charge on any atom is -0.352 e. The summed E-state index contributed by atoms with van der Waals surface area (Å²) in [5.41, 5.74) is 3.62. The molecule has 6 nitrogen and oxygen atoms in total. The van der Waals surface area contributed by atoms with Gasteiger partial charge in [-0.1, -0.05) is 6.07 Å². The van der Waals surface area contributed by atoms with Crippen molar-refractivity contribution < 1.29 is 13.2 Å². The van der Waals surface area contributed by atoms with Crippen LogP contribution in [0.1, 0.15) is 29.5 Å². The van der Waals surface area contributed by atoms with Crippen LogP contribution in [0.2, 0.25) is 0 Å². The van der Waals surface area contributed by atoms with Gasteiger partial charge in [0.1, 0.15) is 0 Å². The number of rotatable bonds is 8. The molecule has 1 heterocycles. The van der Waals surface area contributed by atoms with E-state index in [0.717, 1.165) is 16.7 Å². The summed E-state index contributed by atoms with van der Waals surface area (Å²) >= 11 is 0. The van der Waals surface area contributed by atoms with E-state index in [4.69, 9.17) is 0 Å². The molecule has 1 aromatic carbocycles. The number of pyridine rings is 1. The van der Waals surface area contributed by atoms with Crippen LogP contribution in [0.5, 0.6) is 0 Å². The Kier molecular flexibility index (Phi) is 6.74. The zero-order valence-electron chi connectivity index (χ0n) is 15.4. The van der Waals surface area contributed by atoms with E-state index in [9.17, 15) is 13.2 Å². The van der Waals surface area contributed by atoms with Crippen molar-refractivity contribution in [3.05, 3.63) is 59.4 Å². The second kappa shape index (κ2) is 8.80. The lowest BCUT2D eigenvalue weighted by atomic mass is 10.1. The Hall–Kier alpha value is -2.41. The Morgan fingerprint density at radius 1 is 1.12 bits per heavy atom. The summed E-state index contributed by atoms with van der Waals surface area (Å²) in [4.78, 5) is 15.9. The maximum absolute atomic E-state index is 12.2. The number of benzene rings is 1. The highest BCUT2D eigenvalue weighted by Gasteiger charge is 2.18. The molecule has 0 radical (unpaired) electrons. The summed E-state index contributed by atoms with van der Waals surface area (Å²) in [6.45, 7) is 4.58. The quantitative estimate of drug-likeness (QED) is 0.769. The fraction of sp³-hybridized carbons (Fsp3) is 0.368. The summed E-state index contributed by atoms with van der Waals surface area (Å²) < 4.78 is 25.7. The Labute approximate surface area is 155 Å². The molecule has 7 heteroatoms. The smallest absolute Gasteiger partial charge is 0.232 e. The molecule has 1 amide bonds. The third-order valence-electron chi connectivity index (χ3n) is 3.90. The first-order valence-electron chi connectivity index (χ1n) is 8.47. The van der Waals surface area contributed by atoms with E-state index in [0.29, 0.717) is 18.7 Å². The molecule has 0 fully saturated rings. The van der Waals surface area contributed by atoms with Crippen LogP contribution in [0.3, 0.4) is 0 Å². The van der Waals surface area contributed by atoms with Crippen LogP contribution >= 0.6 is 0 Å². The molecule has 2 rings (SSSR count). The zero-order valence-corrected chi connectivity index (χ0v) is 16.2. The van der Waals surface area contributed by atoms with Crippen LogP contribution in [-0.2, 0) is 21.4 Å². The highest BCUT2D eigenvalue weighted by Crippen LogP contribution is 2.21. The molecule has 1 N–H and O–H groups in total. The summed E-state index contributed by atoms with van der Waals surface area (Å²) in [5, 5.41) is 2.83. The van der Waals surface area contributed by atoms with Crippen LogP contribution in [0.4, 0.5) is 5.69 Å². The van der Waals surface area contributed by atoms with Crippen LogP contribution < -0.4 is 9.62 Å². The first kappa shape index (κ1) is 19.9. The van der Waals surface area contributed by atoms with Gasteiger partial charge in [-0.2, -0.15) is 0 Å². The Balaban J connectivity index is 1.92. The van der Waals surface area contributed by atoms with Gasteiger partial charge in [0.15, 0.2) is 0 Å². The number of aryl methyl sites for hydroxylation is 2.